The van der Waals surface area contributed by atoms with Crippen LogP contribution < -0.4 is 14.8 Å². The molecule has 2 aliphatic heterocycles. The Bertz CT molecular complexity index is 800. The van der Waals surface area contributed by atoms with Crippen molar-refractivity contribution in [2.24, 2.45) is 0 Å². The molecule has 0 aliphatic carbocycles. The van der Waals surface area contributed by atoms with Crippen molar-refractivity contribution in [3.05, 3.63) is 59.7 Å². The number of urea groups is 1. The minimum Gasteiger partial charge on any atom is -0.454 e. The molecular formula is C22H26N2O3S. The van der Waals surface area contributed by atoms with Crippen LogP contribution in [0.3, 0.4) is 0 Å². The van der Waals surface area contributed by atoms with E-state index in [1.54, 1.807) is 0 Å². The lowest BCUT2D eigenvalue weighted by atomic mass is 10.1. The van der Waals surface area contributed by atoms with E-state index in [0.29, 0.717) is 18.6 Å². The molecule has 0 spiro atoms. The molecule has 5 nitrogen and oxygen atoms in total. The van der Waals surface area contributed by atoms with Crippen LogP contribution in [0.5, 0.6) is 11.5 Å². The fraction of sp³-hybridized carbons (Fsp3) is 0.409. The number of hydrogen-bond acceptors (Lipinski definition) is 4. The molecule has 0 saturated carbocycles. The molecule has 1 atom stereocenters. The van der Waals surface area contributed by atoms with Crippen molar-refractivity contribution in [1.82, 2.24) is 10.2 Å². The Kier molecular flexibility index (Phi) is 6.27. The zero-order chi connectivity index (χ0) is 19.2. The summed E-state index contributed by atoms with van der Waals surface area (Å²) in [5, 5.41) is 3.46. The minimum atomic E-state index is 0.0556. The van der Waals surface area contributed by atoms with Gasteiger partial charge in [0.2, 0.25) is 6.79 Å². The third kappa shape index (κ3) is 4.73. The van der Waals surface area contributed by atoms with Gasteiger partial charge in [-0.15, -0.1) is 0 Å². The van der Waals surface area contributed by atoms with Gasteiger partial charge in [0, 0.05) is 30.6 Å². The Labute approximate surface area is 170 Å². The summed E-state index contributed by atoms with van der Waals surface area (Å²) in [6.07, 6.45) is 2.89. The minimum absolute atomic E-state index is 0.0556. The maximum Gasteiger partial charge on any atom is 0.317 e. The molecular weight excluding hydrogens is 372 g/mol. The van der Waals surface area contributed by atoms with Crippen LogP contribution in [-0.2, 0) is 6.42 Å². The Morgan fingerprint density at radius 1 is 1.11 bits per heavy atom. The second-order valence-corrected chi connectivity index (χ2v) is 8.38. The number of carbonyl (C=O) groups is 1. The Balaban J connectivity index is 1.23. The van der Waals surface area contributed by atoms with Gasteiger partial charge >= 0.3 is 6.03 Å². The van der Waals surface area contributed by atoms with Gasteiger partial charge in [-0.2, -0.15) is 11.8 Å². The molecule has 2 amide bonds. The number of ether oxygens (including phenoxy) is 2. The molecule has 28 heavy (non-hydrogen) atoms. The number of thioether (sulfide) groups is 1. The highest BCUT2D eigenvalue weighted by Gasteiger charge is 2.23. The summed E-state index contributed by atoms with van der Waals surface area (Å²) in [7, 11) is 0. The van der Waals surface area contributed by atoms with Crippen molar-refractivity contribution >= 4 is 17.8 Å². The fourth-order valence-corrected chi connectivity index (χ4v) is 4.82. The van der Waals surface area contributed by atoms with Gasteiger partial charge in [0.25, 0.3) is 0 Å². The molecule has 4 rings (SSSR count). The fourth-order valence-electron chi connectivity index (χ4n) is 3.60. The van der Waals surface area contributed by atoms with Crippen molar-refractivity contribution in [2.75, 3.05) is 32.2 Å². The first-order chi connectivity index (χ1) is 13.8. The van der Waals surface area contributed by atoms with Gasteiger partial charge in [-0.05, 0) is 42.5 Å². The standard InChI is InChI=1S/C22H26N2O3S/c25-22(23-11-4-7-17-5-2-1-3-6-17)24-12-10-21(28-14-13-24)18-8-9-19-20(15-18)27-16-26-19/h1-3,5-6,8-9,15,21H,4,7,10-14,16H2,(H,23,25). The van der Waals surface area contributed by atoms with E-state index in [1.165, 1.54) is 11.1 Å². The van der Waals surface area contributed by atoms with Crippen molar-refractivity contribution < 1.29 is 14.3 Å². The number of rotatable bonds is 5. The number of nitrogens with zero attached hydrogens (tertiary/aromatic N) is 1. The van der Waals surface area contributed by atoms with Crippen LogP contribution in [0.4, 0.5) is 4.79 Å². The first-order valence-electron chi connectivity index (χ1n) is 9.87. The largest absolute Gasteiger partial charge is 0.454 e. The third-order valence-electron chi connectivity index (χ3n) is 5.16. The number of aryl methyl sites for hydroxylation is 1. The summed E-state index contributed by atoms with van der Waals surface area (Å²) in [5.41, 5.74) is 2.56. The van der Waals surface area contributed by atoms with E-state index in [1.807, 2.05) is 28.8 Å². The quantitative estimate of drug-likeness (QED) is 0.766. The maximum atomic E-state index is 12.5. The SMILES string of the molecule is O=C(NCCCc1ccccc1)N1CCSC(c2ccc3c(c2)OCO3)CC1. The summed E-state index contributed by atoms with van der Waals surface area (Å²) in [6.45, 7) is 2.57. The summed E-state index contributed by atoms with van der Waals surface area (Å²) in [4.78, 5) is 14.5. The van der Waals surface area contributed by atoms with E-state index in [2.05, 4.69) is 41.7 Å². The van der Waals surface area contributed by atoms with Crippen LogP contribution >= 0.6 is 11.8 Å². The topological polar surface area (TPSA) is 50.8 Å². The second-order valence-electron chi connectivity index (χ2n) is 7.07. The Morgan fingerprint density at radius 3 is 2.86 bits per heavy atom. The second kappa shape index (κ2) is 9.24. The highest BCUT2D eigenvalue weighted by Crippen LogP contribution is 2.40. The zero-order valence-electron chi connectivity index (χ0n) is 15.9. The monoisotopic (exact) mass is 398 g/mol. The lowest BCUT2D eigenvalue weighted by Crippen LogP contribution is -2.41. The zero-order valence-corrected chi connectivity index (χ0v) is 16.7. The lowest BCUT2D eigenvalue weighted by molar-refractivity contribution is 0.174. The van der Waals surface area contributed by atoms with Gasteiger partial charge in [-0.3, -0.25) is 0 Å². The van der Waals surface area contributed by atoms with Crippen LogP contribution in [0.15, 0.2) is 48.5 Å². The molecule has 1 fully saturated rings. The first kappa shape index (κ1) is 19.0. The molecule has 1 N–H and O–H groups in total. The third-order valence-corrected chi connectivity index (χ3v) is 6.49. The van der Waals surface area contributed by atoms with E-state index in [0.717, 1.165) is 49.6 Å². The predicted octanol–water partition coefficient (Wildman–Crippen LogP) is 4.24. The molecule has 2 aromatic carbocycles. The summed E-state index contributed by atoms with van der Waals surface area (Å²) < 4.78 is 10.9. The normalized spacial score (nSPS) is 18.6. The lowest BCUT2D eigenvalue weighted by Gasteiger charge is -2.21. The molecule has 0 bridgehead atoms. The van der Waals surface area contributed by atoms with E-state index in [9.17, 15) is 4.79 Å². The van der Waals surface area contributed by atoms with E-state index in [4.69, 9.17) is 9.47 Å². The highest BCUT2D eigenvalue weighted by molar-refractivity contribution is 7.99. The predicted molar refractivity (Wildman–Crippen MR) is 112 cm³/mol. The molecule has 6 heteroatoms. The Morgan fingerprint density at radius 2 is 1.96 bits per heavy atom. The molecule has 1 unspecified atom stereocenters. The number of nitrogens with one attached hydrogen (secondary N) is 1. The molecule has 0 radical (unpaired) electrons. The van der Waals surface area contributed by atoms with Gasteiger partial charge in [0.05, 0.1) is 0 Å². The van der Waals surface area contributed by atoms with Crippen LogP contribution in [0.2, 0.25) is 0 Å². The van der Waals surface area contributed by atoms with E-state index >= 15 is 0 Å². The average molecular weight is 399 g/mol. The van der Waals surface area contributed by atoms with Crippen LogP contribution in [-0.4, -0.2) is 43.1 Å². The average Bonchev–Trinajstić information content (AvgIpc) is 3.06. The molecule has 2 heterocycles. The van der Waals surface area contributed by atoms with E-state index < -0.39 is 0 Å². The molecule has 0 aromatic heterocycles. The van der Waals surface area contributed by atoms with Crippen LogP contribution in [0, 0.1) is 0 Å². The summed E-state index contributed by atoms with van der Waals surface area (Å²) in [6, 6.07) is 16.6. The number of fused-ring (bicyclic) bond motifs is 1. The van der Waals surface area contributed by atoms with Crippen molar-refractivity contribution in [1.29, 1.82) is 0 Å². The summed E-state index contributed by atoms with van der Waals surface area (Å²) >= 11 is 1.91. The number of carbonyl (C=O) groups excluding carboxylic acids is 1. The van der Waals surface area contributed by atoms with Gasteiger partial charge in [-0.1, -0.05) is 36.4 Å². The van der Waals surface area contributed by atoms with Gasteiger partial charge < -0.3 is 19.7 Å². The van der Waals surface area contributed by atoms with Gasteiger partial charge in [-0.25, -0.2) is 4.79 Å². The van der Waals surface area contributed by atoms with Crippen LogP contribution in [0.1, 0.15) is 29.2 Å². The first-order valence-corrected chi connectivity index (χ1v) is 10.9. The maximum absolute atomic E-state index is 12.5. The van der Waals surface area contributed by atoms with Crippen molar-refractivity contribution in [2.45, 2.75) is 24.5 Å². The van der Waals surface area contributed by atoms with Crippen molar-refractivity contribution in [3.8, 4) is 11.5 Å². The molecule has 2 aliphatic rings. The smallest absolute Gasteiger partial charge is 0.317 e. The summed E-state index contributed by atoms with van der Waals surface area (Å²) in [5.74, 6) is 2.59. The Hall–Kier alpha value is -2.34. The number of benzene rings is 2. The van der Waals surface area contributed by atoms with E-state index in [-0.39, 0.29) is 6.03 Å². The van der Waals surface area contributed by atoms with Crippen LogP contribution in [0.25, 0.3) is 0 Å². The van der Waals surface area contributed by atoms with Gasteiger partial charge in [0.1, 0.15) is 0 Å². The molecule has 1 saturated heterocycles. The van der Waals surface area contributed by atoms with Gasteiger partial charge in [0.15, 0.2) is 11.5 Å². The van der Waals surface area contributed by atoms with Crippen molar-refractivity contribution in [3.63, 3.8) is 0 Å². The molecule has 2 aromatic rings. The number of hydrogen-bond donors (Lipinski definition) is 1. The molecule has 148 valence electrons. The number of amides is 2. The highest BCUT2D eigenvalue weighted by atomic mass is 32.2.